The summed E-state index contributed by atoms with van der Waals surface area (Å²) in [5.41, 5.74) is 6.42. The first kappa shape index (κ1) is 10.6. The molecule has 0 unspecified atom stereocenters. The van der Waals surface area contributed by atoms with Crippen LogP contribution in [0.5, 0.6) is 0 Å². The molecule has 0 bridgehead atoms. The van der Waals surface area contributed by atoms with E-state index >= 15 is 0 Å². The minimum absolute atomic E-state index is 0.173. The molecular formula is C12H11FN2O. The molecule has 3 nitrogen and oxygen atoms in total. The molecule has 2 aromatic rings. The lowest BCUT2D eigenvalue weighted by Gasteiger charge is -2.03. The quantitative estimate of drug-likeness (QED) is 0.805. The fourth-order valence-electron chi connectivity index (χ4n) is 1.50. The average Bonchev–Trinajstić information content (AvgIpc) is 2.29. The van der Waals surface area contributed by atoms with Crippen LogP contribution >= 0.6 is 0 Å². The number of halogens is 1. The molecule has 0 amide bonds. The van der Waals surface area contributed by atoms with Crippen molar-refractivity contribution >= 4 is 0 Å². The molecule has 0 aliphatic heterocycles. The predicted octanol–water partition coefficient (Wildman–Crippen LogP) is 1.64. The third-order valence-corrected chi connectivity index (χ3v) is 2.37. The van der Waals surface area contributed by atoms with Crippen molar-refractivity contribution in [3.63, 3.8) is 0 Å². The van der Waals surface area contributed by atoms with Crippen LogP contribution in [0.25, 0.3) is 11.3 Å². The van der Waals surface area contributed by atoms with E-state index in [1.54, 1.807) is 30.3 Å². The first-order valence-electron chi connectivity index (χ1n) is 4.89. The molecule has 0 aliphatic rings. The van der Waals surface area contributed by atoms with Gasteiger partial charge in [-0.1, -0.05) is 18.2 Å². The lowest BCUT2D eigenvalue weighted by Crippen LogP contribution is -2.16. The van der Waals surface area contributed by atoms with Gasteiger partial charge in [-0.25, -0.2) is 4.39 Å². The zero-order chi connectivity index (χ0) is 11.5. The van der Waals surface area contributed by atoms with Gasteiger partial charge in [-0.2, -0.15) is 0 Å². The average molecular weight is 218 g/mol. The molecule has 0 saturated carbocycles. The van der Waals surface area contributed by atoms with Crippen LogP contribution in [0.15, 0.2) is 41.2 Å². The maximum Gasteiger partial charge on any atom is 0.252 e. The topological polar surface area (TPSA) is 58.9 Å². The van der Waals surface area contributed by atoms with E-state index in [9.17, 15) is 9.18 Å². The standard InChI is InChI=1S/C12H11FN2O/c13-10-4-2-1-3-9(10)11-6-5-8(7-14)12(16)15-11/h1-6H,7,14H2,(H,15,16). The first-order chi connectivity index (χ1) is 7.72. The van der Waals surface area contributed by atoms with Crippen molar-refractivity contribution in [2.45, 2.75) is 6.54 Å². The molecular weight excluding hydrogens is 207 g/mol. The van der Waals surface area contributed by atoms with Gasteiger partial charge < -0.3 is 10.7 Å². The minimum atomic E-state index is -0.362. The van der Waals surface area contributed by atoms with Crippen LogP contribution in [0.2, 0.25) is 0 Å². The van der Waals surface area contributed by atoms with Crippen LogP contribution in [-0.4, -0.2) is 4.98 Å². The van der Waals surface area contributed by atoms with Gasteiger partial charge in [0.1, 0.15) is 5.82 Å². The van der Waals surface area contributed by atoms with Gasteiger partial charge in [0.15, 0.2) is 0 Å². The van der Waals surface area contributed by atoms with E-state index in [0.717, 1.165) is 0 Å². The van der Waals surface area contributed by atoms with Crippen molar-refractivity contribution in [2.24, 2.45) is 5.73 Å². The highest BCUT2D eigenvalue weighted by molar-refractivity contribution is 5.59. The van der Waals surface area contributed by atoms with Crippen LogP contribution in [0.3, 0.4) is 0 Å². The summed E-state index contributed by atoms with van der Waals surface area (Å²) in [7, 11) is 0. The molecule has 0 spiro atoms. The van der Waals surface area contributed by atoms with Crippen LogP contribution in [0.1, 0.15) is 5.56 Å². The Morgan fingerprint density at radius 3 is 2.56 bits per heavy atom. The summed E-state index contributed by atoms with van der Waals surface area (Å²) >= 11 is 0. The Hall–Kier alpha value is -1.94. The van der Waals surface area contributed by atoms with Crippen molar-refractivity contribution in [3.8, 4) is 11.3 Å². The Bertz CT molecular complexity index is 563. The SMILES string of the molecule is NCc1ccc(-c2ccccc2F)[nH]c1=O. The maximum absolute atomic E-state index is 13.4. The van der Waals surface area contributed by atoms with Crippen molar-refractivity contribution in [2.75, 3.05) is 0 Å². The number of H-pyrrole nitrogens is 1. The summed E-state index contributed by atoms with van der Waals surface area (Å²) in [4.78, 5) is 14.1. The van der Waals surface area contributed by atoms with Gasteiger partial charge >= 0.3 is 0 Å². The van der Waals surface area contributed by atoms with Gasteiger partial charge in [-0.15, -0.1) is 0 Å². The molecule has 0 saturated heterocycles. The number of aromatic amines is 1. The molecule has 16 heavy (non-hydrogen) atoms. The highest BCUT2D eigenvalue weighted by atomic mass is 19.1. The van der Waals surface area contributed by atoms with Crippen molar-refractivity contribution in [1.29, 1.82) is 0 Å². The largest absolute Gasteiger partial charge is 0.326 e. The number of pyridine rings is 1. The second-order valence-electron chi connectivity index (χ2n) is 3.41. The second kappa shape index (κ2) is 4.28. The highest BCUT2D eigenvalue weighted by Gasteiger charge is 2.05. The van der Waals surface area contributed by atoms with Crippen LogP contribution in [0, 0.1) is 5.82 Å². The Kier molecular flexibility index (Phi) is 2.83. The van der Waals surface area contributed by atoms with E-state index in [0.29, 0.717) is 16.8 Å². The fraction of sp³-hybridized carbons (Fsp3) is 0.0833. The van der Waals surface area contributed by atoms with Gasteiger partial charge in [-0.05, 0) is 18.2 Å². The summed E-state index contributed by atoms with van der Waals surface area (Å²) in [5, 5.41) is 0. The summed E-state index contributed by atoms with van der Waals surface area (Å²) < 4.78 is 13.4. The van der Waals surface area contributed by atoms with Gasteiger partial charge in [0, 0.05) is 17.7 Å². The lowest BCUT2D eigenvalue weighted by molar-refractivity contribution is 0.630. The number of benzene rings is 1. The lowest BCUT2D eigenvalue weighted by atomic mass is 10.1. The van der Waals surface area contributed by atoms with E-state index < -0.39 is 0 Å². The minimum Gasteiger partial charge on any atom is -0.326 e. The number of nitrogens with two attached hydrogens (primary N) is 1. The molecule has 0 aliphatic carbocycles. The van der Waals surface area contributed by atoms with Crippen LogP contribution < -0.4 is 11.3 Å². The summed E-state index contributed by atoms with van der Waals surface area (Å²) in [6.07, 6.45) is 0. The van der Waals surface area contributed by atoms with E-state index in [2.05, 4.69) is 4.98 Å². The number of nitrogens with one attached hydrogen (secondary N) is 1. The predicted molar refractivity (Wildman–Crippen MR) is 60.3 cm³/mol. The van der Waals surface area contributed by atoms with E-state index in [-0.39, 0.29) is 17.9 Å². The van der Waals surface area contributed by atoms with Gasteiger partial charge in [0.05, 0.1) is 5.69 Å². The zero-order valence-corrected chi connectivity index (χ0v) is 8.53. The third kappa shape index (κ3) is 1.87. The van der Waals surface area contributed by atoms with Crippen LogP contribution in [-0.2, 0) is 6.54 Å². The third-order valence-electron chi connectivity index (χ3n) is 2.37. The Balaban J connectivity index is 2.54. The van der Waals surface area contributed by atoms with E-state index in [4.69, 9.17) is 5.73 Å². The summed E-state index contributed by atoms with van der Waals surface area (Å²) in [6.45, 7) is 0.173. The fourth-order valence-corrected chi connectivity index (χ4v) is 1.50. The molecule has 0 atom stereocenters. The zero-order valence-electron chi connectivity index (χ0n) is 8.53. The molecule has 2 rings (SSSR count). The Morgan fingerprint density at radius 1 is 1.19 bits per heavy atom. The molecule has 4 heteroatoms. The van der Waals surface area contributed by atoms with Crippen LogP contribution in [0.4, 0.5) is 4.39 Å². The second-order valence-corrected chi connectivity index (χ2v) is 3.41. The molecule has 1 aromatic carbocycles. The van der Waals surface area contributed by atoms with Gasteiger partial charge in [-0.3, -0.25) is 4.79 Å². The van der Waals surface area contributed by atoms with Gasteiger partial charge in [0.2, 0.25) is 0 Å². The van der Waals surface area contributed by atoms with E-state index in [1.165, 1.54) is 6.07 Å². The molecule has 3 N–H and O–H groups in total. The number of aromatic nitrogens is 1. The molecule has 0 radical (unpaired) electrons. The summed E-state index contributed by atoms with van der Waals surface area (Å²) in [6, 6.07) is 9.55. The monoisotopic (exact) mass is 218 g/mol. The molecule has 0 fully saturated rings. The summed E-state index contributed by atoms with van der Waals surface area (Å²) in [5.74, 6) is -0.362. The number of rotatable bonds is 2. The Labute approximate surface area is 91.7 Å². The molecule has 82 valence electrons. The van der Waals surface area contributed by atoms with Crippen molar-refractivity contribution < 1.29 is 4.39 Å². The van der Waals surface area contributed by atoms with Gasteiger partial charge in [0.25, 0.3) is 5.56 Å². The Morgan fingerprint density at radius 2 is 1.94 bits per heavy atom. The smallest absolute Gasteiger partial charge is 0.252 e. The number of hydrogen-bond donors (Lipinski definition) is 2. The van der Waals surface area contributed by atoms with E-state index in [1.807, 2.05) is 0 Å². The normalized spacial score (nSPS) is 10.4. The number of hydrogen-bond acceptors (Lipinski definition) is 2. The van der Waals surface area contributed by atoms with Crippen molar-refractivity contribution in [1.82, 2.24) is 4.98 Å². The maximum atomic E-state index is 13.4. The highest BCUT2D eigenvalue weighted by Crippen LogP contribution is 2.18. The molecule has 1 aromatic heterocycles. The first-order valence-corrected chi connectivity index (χ1v) is 4.89. The van der Waals surface area contributed by atoms with Crippen molar-refractivity contribution in [3.05, 3.63) is 58.1 Å². The molecule has 1 heterocycles.